The molecule has 1 N–H and O–H groups in total. The van der Waals surface area contributed by atoms with Gasteiger partial charge in [0.05, 0.1) is 12.1 Å². The molecule has 0 aromatic heterocycles. The van der Waals surface area contributed by atoms with Crippen molar-refractivity contribution in [1.29, 1.82) is 0 Å². The summed E-state index contributed by atoms with van der Waals surface area (Å²) in [6, 6.07) is 13.5. The number of esters is 1. The zero-order valence-electron chi connectivity index (χ0n) is 13.0. The van der Waals surface area contributed by atoms with Crippen LogP contribution in [0.3, 0.4) is 0 Å². The van der Waals surface area contributed by atoms with E-state index in [0.717, 1.165) is 0 Å². The highest BCUT2D eigenvalue weighted by Gasteiger charge is 2.10. The van der Waals surface area contributed by atoms with Gasteiger partial charge >= 0.3 is 5.97 Å². The van der Waals surface area contributed by atoms with Crippen LogP contribution >= 0.6 is 11.6 Å². The Morgan fingerprint density at radius 1 is 1.04 bits per heavy atom. The van der Waals surface area contributed by atoms with Crippen LogP contribution in [0.1, 0.15) is 0 Å². The van der Waals surface area contributed by atoms with Crippen molar-refractivity contribution < 1.29 is 23.8 Å². The van der Waals surface area contributed by atoms with Gasteiger partial charge in [-0.3, -0.25) is 4.79 Å². The largest absolute Gasteiger partial charge is 0.497 e. The van der Waals surface area contributed by atoms with Gasteiger partial charge in [0.25, 0.3) is 5.91 Å². The Morgan fingerprint density at radius 2 is 1.75 bits per heavy atom. The minimum Gasteiger partial charge on any atom is -0.497 e. The molecular formula is C17H16ClNO5. The maximum absolute atomic E-state index is 11.7. The molecule has 0 bridgehead atoms. The fourth-order valence-electron chi connectivity index (χ4n) is 1.76. The van der Waals surface area contributed by atoms with Crippen molar-refractivity contribution in [2.45, 2.75) is 0 Å². The summed E-state index contributed by atoms with van der Waals surface area (Å²) >= 11 is 5.90. The van der Waals surface area contributed by atoms with Crippen molar-refractivity contribution >= 4 is 29.2 Å². The summed E-state index contributed by atoms with van der Waals surface area (Å²) in [5.41, 5.74) is 0.573. The van der Waals surface area contributed by atoms with E-state index in [1.807, 2.05) is 0 Å². The number of rotatable bonds is 7. The maximum atomic E-state index is 11.7. The Labute approximate surface area is 144 Å². The monoisotopic (exact) mass is 349 g/mol. The highest BCUT2D eigenvalue weighted by molar-refractivity contribution is 6.32. The van der Waals surface area contributed by atoms with Crippen molar-refractivity contribution in [3.8, 4) is 11.5 Å². The van der Waals surface area contributed by atoms with Crippen molar-refractivity contribution in [3.05, 3.63) is 53.6 Å². The zero-order chi connectivity index (χ0) is 17.4. The van der Waals surface area contributed by atoms with Crippen LogP contribution < -0.4 is 14.8 Å². The van der Waals surface area contributed by atoms with Gasteiger partial charge in [0.1, 0.15) is 11.5 Å². The van der Waals surface area contributed by atoms with E-state index < -0.39 is 18.5 Å². The molecule has 0 saturated carbocycles. The van der Waals surface area contributed by atoms with Gasteiger partial charge in [-0.2, -0.15) is 0 Å². The molecule has 0 aliphatic heterocycles. The fraction of sp³-hybridized carbons (Fsp3) is 0.176. The number of anilines is 1. The summed E-state index contributed by atoms with van der Waals surface area (Å²) in [7, 11) is 1.55. The standard InChI is InChI=1S/C17H16ClNO5/c1-22-13-8-6-12(7-9-13)19-16(20)10-24-17(21)11-23-15-5-3-2-4-14(15)18/h2-9H,10-11H2,1H3,(H,19,20). The summed E-state index contributed by atoms with van der Waals surface area (Å²) < 4.78 is 15.1. The first kappa shape index (κ1) is 17.6. The number of benzene rings is 2. The van der Waals surface area contributed by atoms with E-state index >= 15 is 0 Å². The average Bonchev–Trinajstić information content (AvgIpc) is 2.60. The van der Waals surface area contributed by atoms with Crippen LogP contribution in [0.2, 0.25) is 5.02 Å². The zero-order valence-corrected chi connectivity index (χ0v) is 13.7. The van der Waals surface area contributed by atoms with Gasteiger partial charge in [-0.15, -0.1) is 0 Å². The number of carbonyl (C=O) groups excluding carboxylic acids is 2. The van der Waals surface area contributed by atoms with Crippen LogP contribution in [0.5, 0.6) is 11.5 Å². The SMILES string of the molecule is COc1ccc(NC(=O)COC(=O)COc2ccccc2Cl)cc1. The number of methoxy groups -OCH3 is 1. The number of para-hydroxylation sites is 1. The summed E-state index contributed by atoms with van der Waals surface area (Å²) in [5.74, 6) is -0.0685. The molecule has 0 saturated heterocycles. The molecule has 1 amide bonds. The highest BCUT2D eigenvalue weighted by atomic mass is 35.5. The Bertz CT molecular complexity index is 702. The summed E-state index contributed by atoms with van der Waals surface area (Å²) in [6.07, 6.45) is 0. The topological polar surface area (TPSA) is 73.9 Å². The minimum absolute atomic E-state index is 0.334. The molecule has 0 unspecified atom stereocenters. The lowest BCUT2D eigenvalue weighted by Gasteiger charge is -2.09. The number of hydrogen-bond donors (Lipinski definition) is 1. The number of halogens is 1. The van der Waals surface area contributed by atoms with E-state index in [9.17, 15) is 9.59 Å². The van der Waals surface area contributed by atoms with Crippen LogP contribution in [0.15, 0.2) is 48.5 Å². The number of amides is 1. The first-order valence-corrected chi connectivity index (χ1v) is 7.43. The fourth-order valence-corrected chi connectivity index (χ4v) is 1.95. The van der Waals surface area contributed by atoms with E-state index in [2.05, 4.69) is 5.32 Å². The van der Waals surface area contributed by atoms with E-state index in [4.69, 9.17) is 25.8 Å². The molecule has 2 aromatic rings. The minimum atomic E-state index is -0.667. The van der Waals surface area contributed by atoms with Crippen LogP contribution in [0, 0.1) is 0 Å². The van der Waals surface area contributed by atoms with Gasteiger partial charge < -0.3 is 19.5 Å². The quantitative estimate of drug-likeness (QED) is 0.778. The molecule has 7 heteroatoms. The second-order valence-corrected chi connectivity index (χ2v) is 5.06. The molecule has 126 valence electrons. The summed E-state index contributed by atoms with van der Waals surface area (Å²) in [5, 5.41) is 2.99. The first-order chi connectivity index (χ1) is 11.6. The highest BCUT2D eigenvalue weighted by Crippen LogP contribution is 2.22. The van der Waals surface area contributed by atoms with Crippen molar-refractivity contribution in [2.24, 2.45) is 0 Å². The van der Waals surface area contributed by atoms with Gasteiger partial charge in [-0.25, -0.2) is 4.79 Å². The molecule has 2 rings (SSSR count). The molecule has 0 atom stereocenters. The van der Waals surface area contributed by atoms with Crippen molar-refractivity contribution in [3.63, 3.8) is 0 Å². The smallest absolute Gasteiger partial charge is 0.344 e. The first-order valence-electron chi connectivity index (χ1n) is 7.05. The number of nitrogens with one attached hydrogen (secondary N) is 1. The molecule has 0 spiro atoms. The van der Waals surface area contributed by atoms with Gasteiger partial charge in [-0.05, 0) is 36.4 Å². The molecule has 24 heavy (non-hydrogen) atoms. The second kappa shape index (κ2) is 8.79. The van der Waals surface area contributed by atoms with Gasteiger partial charge in [0, 0.05) is 5.69 Å². The molecule has 0 fully saturated rings. The third kappa shape index (κ3) is 5.48. The number of carbonyl (C=O) groups is 2. The summed E-state index contributed by atoms with van der Waals surface area (Å²) in [4.78, 5) is 23.3. The van der Waals surface area contributed by atoms with Crippen LogP contribution in [-0.2, 0) is 14.3 Å². The molecule has 2 aromatic carbocycles. The van der Waals surface area contributed by atoms with E-state index in [1.165, 1.54) is 0 Å². The van der Waals surface area contributed by atoms with Crippen molar-refractivity contribution in [2.75, 3.05) is 25.6 Å². The van der Waals surface area contributed by atoms with Gasteiger partial charge in [0.15, 0.2) is 13.2 Å². The molecule has 0 radical (unpaired) electrons. The third-order valence-electron chi connectivity index (χ3n) is 2.92. The lowest BCUT2D eigenvalue weighted by molar-refractivity contribution is -0.149. The van der Waals surface area contributed by atoms with Crippen molar-refractivity contribution in [1.82, 2.24) is 0 Å². The average molecular weight is 350 g/mol. The number of ether oxygens (including phenoxy) is 3. The lowest BCUT2D eigenvalue weighted by atomic mass is 10.3. The van der Waals surface area contributed by atoms with Crippen LogP contribution in [0.25, 0.3) is 0 Å². The molecule has 6 nitrogen and oxygen atoms in total. The van der Waals surface area contributed by atoms with Gasteiger partial charge in [0.2, 0.25) is 0 Å². The Balaban J connectivity index is 1.72. The predicted octanol–water partition coefficient (Wildman–Crippen LogP) is 2.91. The van der Waals surface area contributed by atoms with E-state index in [0.29, 0.717) is 22.2 Å². The van der Waals surface area contributed by atoms with Crippen LogP contribution in [0.4, 0.5) is 5.69 Å². The van der Waals surface area contributed by atoms with E-state index in [-0.39, 0.29) is 6.61 Å². The summed E-state index contributed by atoms with van der Waals surface area (Å²) in [6.45, 7) is -0.740. The second-order valence-electron chi connectivity index (χ2n) is 4.66. The van der Waals surface area contributed by atoms with E-state index in [1.54, 1.807) is 55.6 Å². The Hall–Kier alpha value is -2.73. The predicted molar refractivity (Wildman–Crippen MR) is 89.5 cm³/mol. The number of hydrogen-bond acceptors (Lipinski definition) is 5. The molecule has 0 heterocycles. The molecular weight excluding hydrogens is 334 g/mol. The van der Waals surface area contributed by atoms with Crippen LogP contribution in [-0.4, -0.2) is 32.2 Å². The Morgan fingerprint density at radius 3 is 2.42 bits per heavy atom. The van der Waals surface area contributed by atoms with Gasteiger partial charge in [-0.1, -0.05) is 23.7 Å². The molecule has 0 aliphatic rings. The lowest BCUT2D eigenvalue weighted by Crippen LogP contribution is -2.23. The molecule has 0 aliphatic carbocycles. The normalized spacial score (nSPS) is 9.92. The Kier molecular flexibility index (Phi) is 6.45. The third-order valence-corrected chi connectivity index (χ3v) is 3.23. The maximum Gasteiger partial charge on any atom is 0.344 e.